The summed E-state index contributed by atoms with van der Waals surface area (Å²) in [5.41, 5.74) is 0. The van der Waals surface area contributed by atoms with Crippen molar-refractivity contribution in [3.63, 3.8) is 0 Å². The Kier molecular flexibility index (Phi) is 78300. The van der Waals surface area contributed by atoms with E-state index in [1.165, 1.54) is 0 Å². The van der Waals surface area contributed by atoms with Crippen molar-refractivity contribution in [2.45, 2.75) is 14.9 Å². The smallest absolute Gasteiger partial charge is 0.358 e. The molecule has 0 saturated carbocycles. The molecule has 0 nitrogen and oxygen atoms in total. The number of hydrogen-bond donors (Lipinski definition) is 0. The van der Waals surface area contributed by atoms with Crippen LogP contribution in [-0.4, -0.2) is 0 Å². The summed E-state index contributed by atoms with van der Waals surface area (Å²) in [7, 11) is 0. The Morgan fingerprint density at radius 3 is 0.400 bits per heavy atom. The first-order valence-electron chi connectivity index (χ1n) is 0. The predicted octanol–water partition coefficient (Wildman–Crippen LogP) is 3.97. The Morgan fingerprint density at radius 2 is 0.400 bits per heavy atom. The van der Waals surface area contributed by atoms with Crippen molar-refractivity contribution in [2.75, 3.05) is 0 Å². The van der Waals surface area contributed by atoms with Crippen LogP contribution in [0.25, 0.3) is 0 Å². The molecule has 0 aliphatic heterocycles. The standard InChI is InChI=1S/2CH4.6CH3.2Cu/h2*1H4;6*1H3;;/q;;6*-1;;+2. The minimum Gasteiger partial charge on any atom is -0.358 e. The van der Waals surface area contributed by atoms with E-state index in [2.05, 4.69) is 0 Å². The summed E-state index contributed by atoms with van der Waals surface area (Å²) in [6.45, 7) is 0. The summed E-state index contributed by atoms with van der Waals surface area (Å²) in [6, 6.07) is 0. The van der Waals surface area contributed by atoms with Gasteiger partial charge in [-0.1, -0.05) is 14.9 Å². The van der Waals surface area contributed by atoms with Gasteiger partial charge < -0.3 is 44.6 Å². The van der Waals surface area contributed by atoms with Crippen molar-refractivity contribution in [3.8, 4) is 0 Å². The largest absolute Gasteiger partial charge is 2.00 e. The predicted molar refractivity (Wildman–Crippen MR) is 51.9 cm³/mol. The molecule has 2 heteroatoms. The van der Waals surface area contributed by atoms with Gasteiger partial charge in [-0.15, -0.1) is 0 Å². The van der Waals surface area contributed by atoms with Crippen molar-refractivity contribution in [2.24, 2.45) is 0 Å². The fourth-order valence-electron chi connectivity index (χ4n) is 0. The fraction of sp³-hybridized carbons (Fsp3) is 0.250. The van der Waals surface area contributed by atoms with Gasteiger partial charge in [0.25, 0.3) is 0 Å². The second-order valence-electron chi connectivity index (χ2n) is 0. The molecule has 0 aliphatic rings. The quantitative estimate of drug-likeness (QED) is 0.450. The molecule has 0 N–H and O–H groups in total. The molecule has 0 heterocycles. The first-order chi connectivity index (χ1) is 0. The topological polar surface area (TPSA) is 0 Å². The molecule has 2 radical (unpaired) electrons. The van der Waals surface area contributed by atoms with E-state index in [-0.39, 0.29) is 93.6 Å². The van der Waals surface area contributed by atoms with Crippen LogP contribution >= 0.6 is 0 Å². The van der Waals surface area contributed by atoms with Crippen molar-refractivity contribution in [3.05, 3.63) is 44.6 Å². The maximum Gasteiger partial charge on any atom is 2.00 e. The third kappa shape index (κ3) is 541. The third-order valence-electron chi connectivity index (χ3n) is 0. The Hall–Kier alpha value is 1.04. The van der Waals surface area contributed by atoms with Gasteiger partial charge in [0.05, 0.1) is 0 Å². The molecule has 0 aromatic rings. The van der Waals surface area contributed by atoms with Crippen LogP contribution in [0.1, 0.15) is 14.9 Å². The van der Waals surface area contributed by atoms with Crippen LogP contribution in [0.2, 0.25) is 0 Å². The first kappa shape index (κ1) is 1030. The molecule has 0 atom stereocenters. The molecule has 10 heavy (non-hydrogen) atoms. The van der Waals surface area contributed by atoms with E-state index in [1.54, 1.807) is 0 Å². The second-order valence-corrected chi connectivity index (χ2v) is 0. The van der Waals surface area contributed by atoms with Gasteiger partial charge in [0.15, 0.2) is 0 Å². The molecule has 0 rings (SSSR count). The minimum atomic E-state index is 0. The van der Waals surface area contributed by atoms with Gasteiger partial charge in [-0.25, -0.2) is 0 Å². The van der Waals surface area contributed by atoms with Crippen LogP contribution in [0.15, 0.2) is 0 Å². The van der Waals surface area contributed by atoms with Gasteiger partial charge in [0.2, 0.25) is 0 Å². The van der Waals surface area contributed by atoms with E-state index in [4.69, 9.17) is 0 Å². The molecule has 0 aromatic heterocycles. The van der Waals surface area contributed by atoms with E-state index in [0.29, 0.717) is 0 Å². The zero-order chi connectivity index (χ0) is 0. The number of rotatable bonds is 0. The van der Waals surface area contributed by atoms with Gasteiger partial charge in [-0.2, -0.15) is 0 Å². The van der Waals surface area contributed by atoms with Crippen molar-refractivity contribution < 1.29 is 34.1 Å². The van der Waals surface area contributed by atoms with Crippen LogP contribution in [0.4, 0.5) is 0 Å². The summed E-state index contributed by atoms with van der Waals surface area (Å²) in [5.74, 6) is 0. The minimum absolute atomic E-state index is 0. The van der Waals surface area contributed by atoms with Crippen LogP contribution in [0.5, 0.6) is 0 Å². The molecular formula is C8H26Cu2-4. The molecule has 0 aromatic carbocycles. The van der Waals surface area contributed by atoms with Crippen LogP contribution < -0.4 is 0 Å². The zero-order valence-corrected chi connectivity index (χ0v) is 8.49. The molecule has 0 spiro atoms. The monoisotopic (exact) mass is 248 g/mol. The summed E-state index contributed by atoms with van der Waals surface area (Å²) in [5, 5.41) is 0. The van der Waals surface area contributed by atoms with Crippen molar-refractivity contribution in [1.82, 2.24) is 0 Å². The van der Waals surface area contributed by atoms with Gasteiger partial charge in [0.1, 0.15) is 0 Å². The zero-order valence-electron chi connectivity index (χ0n) is 6.60. The number of hydrogen-bond acceptors (Lipinski definition) is 0. The Balaban J connectivity index is 0. The van der Waals surface area contributed by atoms with E-state index < -0.39 is 0 Å². The van der Waals surface area contributed by atoms with E-state index >= 15 is 0 Å². The average Bonchev–Trinajstić information content (AvgIpc) is 0. The molecule has 0 unspecified atom stereocenters. The summed E-state index contributed by atoms with van der Waals surface area (Å²) >= 11 is 0. The van der Waals surface area contributed by atoms with Crippen LogP contribution in [-0.2, 0) is 34.1 Å². The second kappa shape index (κ2) is 760. The van der Waals surface area contributed by atoms with Crippen LogP contribution in [0, 0.1) is 44.6 Å². The molecule has 0 amide bonds. The van der Waals surface area contributed by atoms with Gasteiger partial charge in [-0.05, 0) is 0 Å². The van der Waals surface area contributed by atoms with E-state index in [1.807, 2.05) is 0 Å². The molecule has 84 valence electrons. The third-order valence-corrected chi connectivity index (χ3v) is 0. The average molecular weight is 249 g/mol. The fourth-order valence-corrected chi connectivity index (χ4v) is 0. The Bertz CT molecular complexity index is 7.22. The summed E-state index contributed by atoms with van der Waals surface area (Å²) < 4.78 is 0. The Morgan fingerprint density at radius 1 is 0.400 bits per heavy atom. The maximum atomic E-state index is 0. The van der Waals surface area contributed by atoms with Gasteiger partial charge in [0, 0.05) is 17.1 Å². The maximum absolute atomic E-state index is 0. The molecular weight excluding hydrogens is 223 g/mol. The SMILES string of the molecule is C.C.[CH3-].[CH3-].[CH3-].[CH3-].[CH3-].[CH3-].[Cu+2].[Cu]. The Labute approximate surface area is 93.5 Å². The molecule has 0 saturated heterocycles. The molecule has 0 aliphatic carbocycles. The summed E-state index contributed by atoms with van der Waals surface area (Å²) in [6.07, 6.45) is 0. The molecule has 0 bridgehead atoms. The normalized spacial score (nSPS) is 0. The van der Waals surface area contributed by atoms with Crippen molar-refractivity contribution >= 4 is 0 Å². The molecule has 0 fully saturated rings. The van der Waals surface area contributed by atoms with Crippen LogP contribution in [0.3, 0.4) is 0 Å². The van der Waals surface area contributed by atoms with Crippen molar-refractivity contribution in [1.29, 1.82) is 0 Å². The summed E-state index contributed by atoms with van der Waals surface area (Å²) in [4.78, 5) is 0. The van der Waals surface area contributed by atoms with Gasteiger partial charge in [-0.3, -0.25) is 0 Å². The first-order valence-corrected chi connectivity index (χ1v) is 0. The van der Waals surface area contributed by atoms with Gasteiger partial charge >= 0.3 is 17.1 Å². The van der Waals surface area contributed by atoms with E-state index in [0.717, 1.165) is 0 Å². The van der Waals surface area contributed by atoms with E-state index in [9.17, 15) is 0 Å².